The average molecular weight is 385 g/mol. The Labute approximate surface area is 162 Å². The standard InChI is InChI=1S/C19H36N4O4/c1-12(2)10-23-9-5-6-15(11-23)18(26)22-17(14(4)25)19(27)21-16(7-8-20)13(3)24/h12,14-17,25H,5-11,20H2,1-4H3,(H,21,27)(H,22,26)/t14?,15-,16-,17-/m0/s1. The third-order valence-electron chi connectivity index (χ3n) is 4.82. The van der Waals surface area contributed by atoms with Crippen molar-refractivity contribution in [1.29, 1.82) is 0 Å². The Morgan fingerprint density at radius 2 is 1.89 bits per heavy atom. The van der Waals surface area contributed by atoms with Crippen molar-refractivity contribution in [2.45, 2.75) is 65.1 Å². The van der Waals surface area contributed by atoms with Gasteiger partial charge in [-0.3, -0.25) is 14.4 Å². The molecule has 4 atom stereocenters. The molecule has 156 valence electrons. The van der Waals surface area contributed by atoms with E-state index in [0.29, 0.717) is 18.9 Å². The van der Waals surface area contributed by atoms with Gasteiger partial charge in [0.15, 0.2) is 5.78 Å². The zero-order chi connectivity index (χ0) is 20.6. The number of likely N-dealkylation sites (tertiary alicyclic amines) is 1. The molecule has 27 heavy (non-hydrogen) atoms. The predicted octanol–water partition coefficient (Wildman–Crippen LogP) is -0.357. The minimum Gasteiger partial charge on any atom is -0.391 e. The van der Waals surface area contributed by atoms with Crippen LogP contribution >= 0.6 is 0 Å². The highest BCUT2D eigenvalue weighted by Gasteiger charge is 2.32. The Morgan fingerprint density at radius 3 is 2.41 bits per heavy atom. The van der Waals surface area contributed by atoms with Gasteiger partial charge in [0.05, 0.1) is 18.1 Å². The van der Waals surface area contributed by atoms with Crippen LogP contribution in [0.3, 0.4) is 0 Å². The number of nitrogens with two attached hydrogens (primary N) is 1. The fourth-order valence-corrected chi connectivity index (χ4v) is 3.43. The molecular formula is C19H36N4O4. The molecule has 0 aromatic rings. The van der Waals surface area contributed by atoms with Crippen LogP contribution in [-0.2, 0) is 14.4 Å². The lowest BCUT2D eigenvalue weighted by atomic mass is 9.95. The molecule has 0 aliphatic carbocycles. The van der Waals surface area contributed by atoms with E-state index >= 15 is 0 Å². The van der Waals surface area contributed by atoms with Crippen molar-refractivity contribution in [2.75, 3.05) is 26.2 Å². The molecule has 0 radical (unpaired) electrons. The van der Waals surface area contributed by atoms with Crippen LogP contribution in [0, 0.1) is 11.8 Å². The summed E-state index contributed by atoms with van der Waals surface area (Å²) in [7, 11) is 0. The van der Waals surface area contributed by atoms with E-state index in [4.69, 9.17) is 5.73 Å². The molecule has 1 rings (SSSR count). The summed E-state index contributed by atoms with van der Waals surface area (Å²) in [5, 5.41) is 15.3. The highest BCUT2D eigenvalue weighted by molar-refractivity contribution is 5.92. The Hall–Kier alpha value is -1.51. The van der Waals surface area contributed by atoms with E-state index in [1.54, 1.807) is 0 Å². The first-order chi connectivity index (χ1) is 12.6. The number of aliphatic hydroxyl groups excluding tert-OH is 1. The van der Waals surface area contributed by atoms with Gasteiger partial charge >= 0.3 is 0 Å². The maximum absolute atomic E-state index is 12.7. The van der Waals surface area contributed by atoms with Crippen LogP contribution in [0.25, 0.3) is 0 Å². The third kappa shape index (κ3) is 7.94. The van der Waals surface area contributed by atoms with E-state index in [-0.39, 0.29) is 24.2 Å². The van der Waals surface area contributed by atoms with Crippen molar-refractivity contribution in [3.63, 3.8) is 0 Å². The molecule has 0 aromatic carbocycles. The Balaban J connectivity index is 2.70. The fourth-order valence-electron chi connectivity index (χ4n) is 3.43. The molecule has 0 spiro atoms. The average Bonchev–Trinajstić information content (AvgIpc) is 2.58. The van der Waals surface area contributed by atoms with Crippen molar-refractivity contribution in [3.8, 4) is 0 Å². The van der Waals surface area contributed by atoms with E-state index in [1.165, 1.54) is 13.8 Å². The van der Waals surface area contributed by atoms with E-state index < -0.39 is 24.1 Å². The van der Waals surface area contributed by atoms with E-state index in [9.17, 15) is 19.5 Å². The summed E-state index contributed by atoms with van der Waals surface area (Å²) in [6.45, 7) is 9.93. The van der Waals surface area contributed by atoms with Crippen LogP contribution in [0.2, 0.25) is 0 Å². The Morgan fingerprint density at radius 1 is 1.22 bits per heavy atom. The first-order valence-electron chi connectivity index (χ1n) is 9.87. The van der Waals surface area contributed by atoms with E-state index in [1.807, 2.05) is 0 Å². The number of carbonyl (C=O) groups excluding carboxylic acids is 3. The topological polar surface area (TPSA) is 125 Å². The molecule has 1 aliphatic rings. The van der Waals surface area contributed by atoms with Crippen LogP contribution in [0.1, 0.15) is 47.0 Å². The molecule has 0 bridgehead atoms. The van der Waals surface area contributed by atoms with Crippen LogP contribution in [0.4, 0.5) is 0 Å². The second-order valence-electron chi connectivity index (χ2n) is 7.97. The van der Waals surface area contributed by atoms with Crippen molar-refractivity contribution in [3.05, 3.63) is 0 Å². The van der Waals surface area contributed by atoms with Gasteiger partial charge in [-0.2, -0.15) is 0 Å². The molecular weight excluding hydrogens is 348 g/mol. The molecule has 0 aromatic heterocycles. The zero-order valence-electron chi connectivity index (χ0n) is 17.0. The monoisotopic (exact) mass is 384 g/mol. The zero-order valence-corrected chi connectivity index (χ0v) is 17.0. The summed E-state index contributed by atoms with van der Waals surface area (Å²) in [6, 6.07) is -1.81. The highest BCUT2D eigenvalue weighted by Crippen LogP contribution is 2.18. The normalized spacial score (nSPS) is 21.4. The maximum atomic E-state index is 12.7. The number of carbonyl (C=O) groups is 3. The van der Waals surface area contributed by atoms with Gasteiger partial charge in [0, 0.05) is 13.1 Å². The lowest BCUT2D eigenvalue weighted by Gasteiger charge is -2.34. The summed E-state index contributed by atoms with van der Waals surface area (Å²) in [5.41, 5.74) is 5.48. The number of hydrogen-bond acceptors (Lipinski definition) is 6. The molecule has 5 N–H and O–H groups in total. The summed E-state index contributed by atoms with van der Waals surface area (Å²) < 4.78 is 0. The van der Waals surface area contributed by atoms with Crippen LogP contribution < -0.4 is 16.4 Å². The SMILES string of the molecule is CC(=O)[C@H](CCN)NC(=O)[C@@H](NC(=O)[C@H]1CCCN(CC(C)C)C1)C(C)O. The van der Waals surface area contributed by atoms with Crippen LogP contribution in [0.5, 0.6) is 0 Å². The summed E-state index contributed by atoms with van der Waals surface area (Å²) >= 11 is 0. The van der Waals surface area contributed by atoms with Gasteiger partial charge < -0.3 is 26.4 Å². The quantitative estimate of drug-likeness (QED) is 0.408. The van der Waals surface area contributed by atoms with Gasteiger partial charge in [-0.1, -0.05) is 13.8 Å². The minimum atomic E-state index is -1.10. The summed E-state index contributed by atoms with van der Waals surface area (Å²) in [5.74, 6) is -0.696. The number of aliphatic hydroxyl groups is 1. The Kier molecular flexibility index (Phi) is 9.90. The van der Waals surface area contributed by atoms with Crippen molar-refractivity contribution in [2.24, 2.45) is 17.6 Å². The molecule has 8 heteroatoms. The predicted molar refractivity (Wildman–Crippen MR) is 104 cm³/mol. The number of nitrogens with one attached hydrogen (secondary N) is 2. The molecule has 1 aliphatic heterocycles. The second-order valence-corrected chi connectivity index (χ2v) is 7.97. The fraction of sp³-hybridized carbons (Fsp3) is 0.842. The molecule has 8 nitrogen and oxygen atoms in total. The van der Waals surface area contributed by atoms with Gasteiger partial charge in [-0.15, -0.1) is 0 Å². The third-order valence-corrected chi connectivity index (χ3v) is 4.82. The van der Waals surface area contributed by atoms with E-state index in [0.717, 1.165) is 25.9 Å². The van der Waals surface area contributed by atoms with Gasteiger partial charge in [-0.25, -0.2) is 0 Å². The second kappa shape index (κ2) is 11.4. The van der Waals surface area contributed by atoms with Gasteiger partial charge in [-0.05, 0) is 52.1 Å². The largest absolute Gasteiger partial charge is 0.391 e. The van der Waals surface area contributed by atoms with E-state index in [2.05, 4.69) is 29.4 Å². The van der Waals surface area contributed by atoms with Gasteiger partial charge in [0.2, 0.25) is 11.8 Å². The minimum absolute atomic E-state index is 0.207. The lowest BCUT2D eigenvalue weighted by Crippen LogP contribution is -2.57. The summed E-state index contributed by atoms with van der Waals surface area (Å²) in [6.07, 6.45) is 0.931. The number of piperidine rings is 1. The van der Waals surface area contributed by atoms with Crippen molar-refractivity contribution < 1.29 is 19.5 Å². The van der Waals surface area contributed by atoms with Gasteiger partial charge in [0.1, 0.15) is 6.04 Å². The number of ketones is 1. The molecule has 1 fully saturated rings. The molecule has 0 saturated carbocycles. The Bertz CT molecular complexity index is 510. The molecule has 2 amide bonds. The maximum Gasteiger partial charge on any atom is 0.245 e. The van der Waals surface area contributed by atoms with Crippen molar-refractivity contribution in [1.82, 2.24) is 15.5 Å². The molecule has 1 saturated heterocycles. The number of hydrogen-bond donors (Lipinski definition) is 4. The lowest BCUT2D eigenvalue weighted by molar-refractivity contribution is -0.135. The smallest absolute Gasteiger partial charge is 0.245 e. The molecule has 1 unspecified atom stereocenters. The van der Waals surface area contributed by atoms with Crippen LogP contribution in [-0.4, -0.2) is 72.0 Å². The first-order valence-corrected chi connectivity index (χ1v) is 9.87. The van der Waals surface area contributed by atoms with Crippen LogP contribution in [0.15, 0.2) is 0 Å². The number of Topliss-reactive ketones (excluding diaryl/α,β-unsaturated/α-hetero) is 1. The molecule has 1 heterocycles. The number of rotatable bonds is 10. The number of nitrogens with zero attached hydrogens (tertiary/aromatic N) is 1. The first kappa shape index (κ1) is 23.5. The highest BCUT2D eigenvalue weighted by atomic mass is 16.3. The summed E-state index contributed by atoms with van der Waals surface area (Å²) in [4.78, 5) is 39.1. The number of amides is 2. The van der Waals surface area contributed by atoms with Crippen molar-refractivity contribution >= 4 is 17.6 Å². The van der Waals surface area contributed by atoms with Gasteiger partial charge in [0.25, 0.3) is 0 Å².